The highest BCUT2D eigenvalue weighted by molar-refractivity contribution is 6.05. The van der Waals surface area contributed by atoms with Gasteiger partial charge < -0.3 is 4.42 Å². The molecule has 3 rings (SSSR count). The van der Waals surface area contributed by atoms with Gasteiger partial charge in [-0.25, -0.2) is 0 Å². The molecule has 1 aliphatic carbocycles. The predicted molar refractivity (Wildman–Crippen MR) is 58.4 cm³/mol. The van der Waals surface area contributed by atoms with Crippen LogP contribution in [-0.4, -0.2) is 5.78 Å². The van der Waals surface area contributed by atoms with E-state index in [4.69, 9.17) is 4.42 Å². The standard InChI is InChI=1S/C13H10O2/c14-10-6-5-9(7-10)12-8-15-13-4-2-1-3-11(12)13/h1-4,7-8H,5-6H2. The Balaban J connectivity index is 2.19. The molecule has 2 heteroatoms. The van der Waals surface area contributed by atoms with Crippen molar-refractivity contribution in [2.45, 2.75) is 12.8 Å². The van der Waals surface area contributed by atoms with E-state index >= 15 is 0 Å². The van der Waals surface area contributed by atoms with Crippen molar-refractivity contribution in [2.75, 3.05) is 0 Å². The molecule has 0 unspecified atom stereocenters. The summed E-state index contributed by atoms with van der Waals surface area (Å²) in [6.45, 7) is 0. The summed E-state index contributed by atoms with van der Waals surface area (Å²) in [5, 5.41) is 1.10. The second-order valence-electron chi connectivity index (χ2n) is 3.78. The molecule has 0 saturated heterocycles. The molecule has 0 amide bonds. The third kappa shape index (κ3) is 1.30. The molecule has 0 aliphatic heterocycles. The first kappa shape index (κ1) is 8.48. The van der Waals surface area contributed by atoms with E-state index in [1.54, 1.807) is 12.3 Å². The van der Waals surface area contributed by atoms with Crippen LogP contribution in [-0.2, 0) is 4.79 Å². The minimum Gasteiger partial charge on any atom is -0.464 e. The molecule has 0 bridgehead atoms. The number of hydrogen-bond donors (Lipinski definition) is 0. The molecule has 1 aromatic carbocycles. The number of carbonyl (C=O) groups excluding carboxylic acids is 1. The number of rotatable bonds is 1. The number of hydrogen-bond acceptors (Lipinski definition) is 2. The Kier molecular flexibility index (Phi) is 1.75. The summed E-state index contributed by atoms with van der Waals surface area (Å²) >= 11 is 0. The smallest absolute Gasteiger partial charge is 0.156 e. The van der Waals surface area contributed by atoms with Gasteiger partial charge in [0.2, 0.25) is 0 Å². The molecule has 2 aromatic rings. The molecule has 15 heavy (non-hydrogen) atoms. The lowest BCUT2D eigenvalue weighted by Crippen LogP contribution is -1.80. The average Bonchev–Trinajstić information content (AvgIpc) is 2.83. The van der Waals surface area contributed by atoms with Crippen molar-refractivity contribution in [1.82, 2.24) is 0 Å². The fourth-order valence-electron chi connectivity index (χ4n) is 2.04. The Bertz CT molecular complexity index is 561. The van der Waals surface area contributed by atoms with Gasteiger partial charge in [0.25, 0.3) is 0 Å². The minimum atomic E-state index is 0.218. The summed E-state index contributed by atoms with van der Waals surface area (Å²) in [4.78, 5) is 11.2. The van der Waals surface area contributed by atoms with Crippen molar-refractivity contribution < 1.29 is 9.21 Å². The Morgan fingerprint density at radius 1 is 1.13 bits per heavy atom. The van der Waals surface area contributed by atoms with E-state index in [0.717, 1.165) is 28.5 Å². The fourth-order valence-corrected chi connectivity index (χ4v) is 2.04. The number of carbonyl (C=O) groups is 1. The van der Waals surface area contributed by atoms with Gasteiger partial charge in [-0.1, -0.05) is 18.2 Å². The van der Waals surface area contributed by atoms with E-state index in [0.29, 0.717) is 6.42 Å². The van der Waals surface area contributed by atoms with E-state index in [1.807, 2.05) is 24.3 Å². The zero-order chi connectivity index (χ0) is 10.3. The summed E-state index contributed by atoms with van der Waals surface area (Å²) in [5.41, 5.74) is 3.05. The molecule has 0 N–H and O–H groups in total. The van der Waals surface area contributed by atoms with E-state index < -0.39 is 0 Å². The number of fused-ring (bicyclic) bond motifs is 1. The highest BCUT2D eigenvalue weighted by atomic mass is 16.3. The van der Waals surface area contributed by atoms with Gasteiger partial charge in [-0.05, 0) is 24.1 Å². The van der Waals surface area contributed by atoms with Crippen LogP contribution in [0.4, 0.5) is 0 Å². The first-order valence-corrected chi connectivity index (χ1v) is 5.04. The van der Waals surface area contributed by atoms with Crippen LogP contribution in [0.2, 0.25) is 0 Å². The van der Waals surface area contributed by atoms with Crippen molar-refractivity contribution in [3.8, 4) is 0 Å². The number of benzene rings is 1. The van der Waals surface area contributed by atoms with E-state index in [2.05, 4.69) is 0 Å². The van der Waals surface area contributed by atoms with E-state index in [-0.39, 0.29) is 5.78 Å². The van der Waals surface area contributed by atoms with Crippen LogP contribution in [0, 0.1) is 0 Å². The van der Waals surface area contributed by atoms with Crippen LogP contribution >= 0.6 is 0 Å². The van der Waals surface area contributed by atoms with Crippen LogP contribution < -0.4 is 0 Å². The molecule has 0 spiro atoms. The van der Waals surface area contributed by atoms with E-state index in [9.17, 15) is 4.79 Å². The van der Waals surface area contributed by atoms with Gasteiger partial charge in [0.15, 0.2) is 5.78 Å². The van der Waals surface area contributed by atoms with Gasteiger partial charge >= 0.3 is 0 Å². The van der Waals surface area contributed by atoms with Gasteiger partial charge in [-0.3, -0.25) is 4.79 Å². The molecular formula is C13H10O2. The van der Waals surface area contributed by atoms with Gasteiger partial charge in [0.05, 0.1) is 6.26 Å². The number of allylic oxidation sites excluding steroid dienone is 2. The fraction of sp³-hybridized carbons (Fsp3) is 0.154. The molecule has 1 aromatic heterocycles. The van der Waals surface area contributed by atoms with Gasteiger partial charge in [0.1, 0.15) is 5.58 Å². The summed E-state index contributed by atoms with van der Waals surface area (Å²) < 4.78 is 5.44. The Morgan fingerprint density at radius 3 is 2.80 bits per heavy atom. The number of para-hydroxylation sites is 1. The van der Waals surface area contributed by atoms with E-state index in [1.165, 1.54) is 0 Å². The maximum Gasteiger partial charge on any atom is 0.156 e. The van der Waals surface area contributed by atoms with Crippen molar-refractivity contribution in [2.24, 2.45) is 0 Å². The summed E-state index contributed by atoms with van der Waals surface area (Å²) in [6, 6.07) is 7.90. The normalized spacial score (nSPS) is 16.0. The second kappa shape index (κ2) is 3.09. The maximum atomic E-state index is 11.2. The van der Waals surface area contributed by atoms with Crippen LogP contribution in [0.3, 0.4) is 0 Å². The first-order chi connectivity index (χ1) is 7.34. The SMILES string of the molecule is O=C1C=C(c2coc3ccccc23)CC1. The average molecular weight is 198 g/mol. The zero-order valence-electron chi connectivity index (χ0n) is 8.19. The molecule has 74 valence electrons. The van der Waals surface area contributed by atoms with Crippen LogP contribution in [0.25, 0.3) is 16.5 Å². The highest BCUT2D eigenvalue weighted by Crippen LogP contribution is 2.32. The quantitative estimate of drug-likeness (QED) is 0.704. The lowest BCUT2D eigenvalue weighted by molar-refractivity contribution is -0.114. The van der Waals surface area contributed by atoms with Crippen molar-refractivity contribution in [3.05, 3.63) is 42.2 Å². The van der Waals surface area contributed by atoms with Gasteiger partial charge in [-0.2, -0.15) is 0 Å². The Morgan fingerprint density at radius 2 is 2.00 bits per heavy atom. The summed E-state index contributed by atoms with van der Waals surface area (Å²) in [5.74, 6) is 0.218. The predicted octanol–water partition coefficient (Wildman–Crippen LogP) is 3.18. The minimum absolute atomic E-state index is 0.218. The molecule has 1 aliphatic rings. The monoisotopic (exact) mass is 198 g/mol. The van der Waals surface area contributed by atoms with Crippen LogP contribution in [0.5, 0.6) is 0 Å². The lowest BCUT2D eigenvalue weighted by Gasteiger charge is -1.96. The number of furan rings is 1. The largest absolute Gasteiger partial charge is 0.464 e. The van der Waals surface area contributed by atoms with Crippen molar-refractivity contribution in [1.29, 1.82) is 0 Å². The maximum absolute atomic E-state index is 11.2. The third-order valence-electron chi connectivity index (χ3n) is 2.80. The molecule has 0 radical (unpaired) electrons. The van der Waals surface area contributed by atoms with Crippen molar-refractivity contribution >= 4 is 22.3 Å². The first-order valence-electron chi connectivity index (χ1n) is 5.04. The summed E-state index contributed by atoms with van der Waals surface area (Å²) in [7, 11) is 0. The molecule has 0 fully saturated rings. The summed E-state index contributed by atoms with van der Waals surface area (Å²) in [6.07, 6.45) is 4.95. The Hall–Kier alpha value is -1.83. The van der Waals surface area contributed by atoms with Gasteiger partial charge in [-0.15, -0.1) is 0 Å². The van der Waals surface area contributed by atoms with Crippen LogP contribution in [0.1, 0.15) is 18.4 Å². The second-order valence-corrected chi connectivity index (χ2v) is 3.78. The lowest BCUT2D eigenvalue weighted by atomic mass is 10.0. The molecule has 0 saturated carbocycles. The van der Waals surface area contributed by atoms with Crippen LogP contribution in [0.15, 0.2) is 41.0 Å². The molecule has 0 atom stereocenters. The zero-order valence-corrected chi connectivity index (χ0v) is 8.19. The molecule has 1 heterocycles. The molecule has 2 nitrogen and oxygen atoms in total. The highest BCUT2D eigenvalue weighted by Gasteiger charge is 2.16. The molecular weight excluding hydrogens is 188 g/mol. The topological polar surface area (TPSA) is 30.2 Å². The Labute approximate surface area is 87.2 Å². The third-order valence-corrected chi connectivity index (χ3v) is 2.80. The van der Waals surface area contributed by atoms with Gasteiger partial charge in [0, 0.05) is 17.4 Å². The van der Waals surface area contributed by atoms with Crippen molar-refractivity contribution in [3.63, 3.8) is 0 Å². The number of ketones is 1.